The molecule has 2 atom stereocenters. The Morgan fingerprint density at radius 3 is 2.11 bits per heavy atom. The molecule has 1 N–H and O–H groups in total. The number of hydrogen-bond acceptors (Lipinski definition) is 1. The van der Waals surface area contributed by atoms with Gasteiger partial charge in [-0.2, -0.15) is 0 Å². The van der Waals surface area contributed by atoms with Gasteiger partial charge in [0.1, 0.15) is 0 Å². The van der Waals surface area contributed by atoms with Crippen LogP contribution in [0.5, 0.6) is 0 Å². The zero-order valence-corrected chi connectivity index (χ0v) is 13.5. The summed E-state index contributed by atoms with van der Waals surface area (Å²) in [5.41, 5.74) is 0. The molecule has 2 nitrogen and oxygen atoms in total. The Morgan fingerprint density at radius 2 is 1.68 bits per heavy atom. The van der Waals surface area contributed by atoms with Crippen molar-refractivity contribution in [1.82, 2.24) is 4.72 Å². The van der Waals surface area contributed by atoms with Gasteiger partial charge in [0.2, 0.25) is 0 Å². The van der Waals surface area contributed by atoms with E-state index in [2.05, 4.69) is 17.9 Å². The maximum absolute atomic E-state index is 12.4. The third-order valence-corrected chi connectivity index (χ3v) is 5.51. The highest BCUT2D eigenvalue weighted by molar-refractivity contribution is 7.84. The van der Waals surface area contributed by atoms with Gasteiger partial charge in [-0.3, -0.25) is 0 Å². The van der Waals surface area contributed by atoms with E-state index in [9.17, 15) is 4.21 Å². The molecule has 0 amide bonds. The fraction of sp³-hybridized carbons (Fsp3) is 0.750. The topological polar surface area (TPSA) is 29.1 Å². The Hall–Kier alpha value is -0.410. The molecule has 1 aliphatic rings. The van der Waals surface area contributed by atoms with Gasteiger partial charge < -0.3 is 0 Å². The lowest BCUT2D eigenvalue weighted by atomic mass is 9.79. The van der Waals surface area contributed by atoms with E-state index in [0.717, 1.165) is 0 Å². The normalized spacial score (nSPS) is 21.1. The van der Waals surface area contributed by atoms with E-state index in [1.54, 1.807) is 0 Å². The molecule has 1 rings (SSSR count). The van der Waals surface area contributed by atoms with E-state index in [1.165, 1.54) is 32.1 Å². The summed E-state index contributed by atoms with van der Waals surface area (Å²) in [6.45, 7) is 13.8. The van der Waals surface area contributed by atoms with E-state index in [4.69, 9.17) is 0 Å². The standard InChI is InChI=1S/C16H29NOS/c1-6-13(7-2)15(14-11-9-8-10-12-14)17-19(18)16(3,4)5/h6-7,13-15,17H,1-2,8-12H2,3-5H3/t15-,19+/m0/s1. The third kappa shape index (κ3) is 4.88. The first-order chi connectivity index (χ1) is 8.90. The molecule has 0 aliphatic heterocycles. The number of hydrogen-bond donors (Lipinski definition) is 1. The fourth-order valence-electron chi connectivity index (χ4n) is 2.67. The average Bonchev–Trinajstić information content (AvgIpc) is 2.38. The average molecular weight is 283 g/mol. The zero-order chi connectivity index (χ0) is 14.5. The largest absolute Gasteiger partial charge is 0.242 e. The molecule has 0 spiro atoms. The number of nitrogens with one attached hydrogen (secondary N) is 1. The van der Waals surface area contributed by atoms with Crippen molar-refractivity contribution in [2.45, 2.75) is 63.7 Å². The van der Waals surface area contributed by atoms with Crippen molar-refractivity contribution in [3.05, 3.63) is 25.3 Å². The lowest BCUT2D eigenvalue weighted by Crippen LogP contribution is -2.47. The first-order valence-corrected chi connectivity index (χ1v) is 8.48. The van der Waals surface area contributed by atoms with Gasteiger partial charge in [0, 0.05) is 12.0 Å². The van der Waals surface area contributed by atoms with Gasteiger partial charge in [0.25, 0.3) is 0 Å². The van der Waals surface area contributed by atoms with E-state index in [0.29, 0.717) is 5.92 Å². The Bertz CT molecular complexity index is 318. The molecule has 0 aromatic heterocycles. The van der Waals surface area contributed by atoms with Crippen LogP contribution in [0, 0.1) is 11.8 Å². The minimum atomic E-state index is -1.04. The second-order valence-corrected chi connectivity index (χ2v) is 8.47. The van der Waals surface area contributed by atoms with Crippen molar-refractivity contribution in [3.63, 3.8) is 0 Å². The second kappa shape index (κ2) is 7.39. The summed E-state index contributed by atoms with van der Waals surface area (Å²) in [6.07, 6.45) is 10.2. The molecule has 0 heterocycles. The van der Waals surface area contributed by atoms with Gasteiger partial charge in [-0.15, -0.1) is 13.2 Å². The van der Waals surface area contributed by atoms with Crippen molar-refractivity contribution in [2.24, 2.45) is 11.8 Å². The van der Waals surface area contributed by atoms with Crippen LogP contribution in [-0.2, 0) is 11.0 Å². The van der Waals surface area contributed by atoms with Crippen molar-refractivity contribution in [1.29, 1.82) is 0 Å². The molecule has 0 aromatic rings. The summed E-state index contributed by atoms with van der Waals surface area (Å²) in [6, 6.07) is 0.204. The van der Waals surface area contributed by atoms with Gasteiger partial charge in [0.15, 0.2) is 0 Å². The van der Waals surface area contributed by atoms with Crippen LogP contribution in [-0.4, -0.2) is 15.0 Å². The molecule has 1 fully saturated rings. The number of rotatable bonds is 6. The monoisotopic (exact) mass is 283 g/mol. The lowest BCUT2D eigenvalue weighted by Gasteiger charge is -2.35. The Kier molecular flexibility index (Phi) is 6.48. The SMILES string of the molecule is C=CC(C=C)[C@H](N[S@](=O)C(C)(C)C)C1CCCCC1. The lowest BCUT2D eigenvalue weighted by molar-refractivity contribution is 0.270. The van der Waals surface area contributed by atoms with Gasteiger partial charge >= 0.3 is 0 Å². The van der Waals surface area contributed by atoms with Crippen LogP contribution < -0.4 is 4.72 Å². The summed E-state index contributed by atoms with van der Waals surface area (Å²) in [5, 5.41) is 0. The quantitative estimate of drug-likeness (QED) is 0.734. The van der Waals surface area contributed by atoms with Gasteiger partial charge in [-0.05, 0) is 39.5 Å². The molecule has 1 aliphatic carbocycles. The van der Waals surface area contributed by atoms with E-state index in [-0.39, 0.29) is 16.7 Å². The Balaban J connectivity index is 2.82. The van der Waals surface area contributed by atoms with Crippen LogP contribution in [0.1, 0.15) is 52.9 Å². The minimum Gasteiger partial charge on any atom is -0.242 e. The summed E-state index contributed by atoms with van der Waals surface area (Å²) in [5.74, 6) is 0.774. The molecular weight excluding hydrogens is 254 g/mol. The first-order valence-electron chi connectivity index (χ1n) is 7.33. The van der Waals surface area contributed by atoms with E-state index >= 15 is 0 Å². The highest BCUT2D eigenvalue weighted by atomic mass is 32.2. The molecule has 0 aromatic carbocycles. The summed E-state index contributed by atoms with van der Waals surface area (Å²) < 4.78 is 15.5. The van der Waals surface area contributed by atoms with Crippen LogP contribution in [0.4, 0.5) is 0 Å². The van der Waals surface area contributed by atoms with Crippen molar-refractivity contribution in [2.75, 3.05) is 0 Å². The van der Waals surface area contributed by atoms with Crippen molar-refractivity contribution < 1.29 is 4.21 Å². The molecule has 0 saturated heterocycles. The molecule has 0 bridgehead atoms. The third-order valence-electron chi connectivity index (χ3n) is 3.92. The summed E-state index contributed by atoms with van der Waals surface area (Å²) >= 11 is 0. The van der Waals surface area contributed by atoms with Gasteiger partial charge in [-0.1, -0.05) is 31.4 Å². The highest BCUT2D eigenvalue weighted by Crippen LogP contribution is 2.31. The fourth-order valence-corrected chi connectivity index (χ4v) is 3.62. The summed E-state index contributed by atoms with van der Waals surface area (Å²) in [4.78, 5) is 0. The Labute approximate surface area is 121 Å². The summed E-state index contributed by atoms with van der Waals surface area (Å²) in [7, 11) is -1.04. The predicted molar refractivity (Wildman–Crippen MR) is 85.3 cm³/mol. The maximum Gasteiger partial charge on any atom is 0.0973 e. The van der Waals surface area contributed by atoms with Crippen LogP contribution in [0.15, 0.2) is 25.3 Å². The Morgan fingerprint density at radius 1 is 1.16 bits per heavy atom. The smallest absolute Gasteiger partial charge is 0.0973 e. The molecule has 110 valence electrons. The first kappa shape index (κ1) is 16.6. The van der Waals surface area contributed by atoms with Crippen LogP contribution in [0.25, 0.3) is 0 Å². The molecule has 1 saturated carbocycles. The molecule has 3 heteroatoms. The molecule has 19 heavy (non-hydrogen) atoms. The van der Waals surface area contributed by atoms with Crippen molar-refractivity contribution in [3.8, 4) is 0 Å². The van der Waals surface area contributed by atoms with E-state index in [1.807, 2.05) is 32.9 Å². The molecular formula is C16H29NOS. The highest BCUT2D eigenvalue weighted by Gasteiger charge is 2.31. The molecule has 0 unspecified atom stereocenters. The molecule has 0 radical (unpaired) electrons. The maximum atomic E-state index is 12.4. The van der Waals surface area contributed by atoms with Gasteiger partial charge in [-0.25, -0.2) is 8.93 Å². The van der Waals surface area contributed by atoms with Crippen LogP contribution in [0.3, 0.4) is 0 Å². The van der Waals surface area contributed by atoms with Gasteiger partial charge in [0.05, 0.1) is 15.7 Å². The van der Waals surface area contributed by atoms with Crippen LogP contribution >= 0.6 is 0 Å². The second-order valence-electron chi connectivity index (χ2n) is 6.47. The van der Waals surface area contributed by atoms with E-state index < -0.39 is 11.0 Å². The predicted octanol–water partition coefficient (Wildman–Crippen LogP) is 3.98. The van der Waals surface area contributed by atoms with Crippen molar-refractivity contribution >= 4 is 11.0 Å². The van der Waals surface area contributed by atoms with Crippen LogP contribution in [0.2, 0.25) is 0 Å². The minimum absolute atomic E-state index is 0.189. The zero-order valence-electron chi connectivity index (χ0n) is 12.7.